The molecule has 1 aliphatic rings. The van der Waals surface area contributed by atoms with Gasteiger partial charge in [-0.1, -0.05) is 26.0 Å². The van der Waals surface area contributed by atoms with Crippen LogP contribution < -0.4 is 18.9 Å². The van der Waals surface area contributed by atoms with Crippen molar-refractivity contribution in [1.82, 2.24) is 9.80 Å². The summed E-state index contributed by atoms with van der Waals surface area (Å²) in [4.78, 5) is 28.7. The number of methoxy groups -OCH3 is 2. The number of carbonyl (C=O) groups excluding carboxylic acids is 2. The second kappa shape index (κ2) is 12.2. The zero-order chi connectivity index (χ0) is 24.5. The van der Waals surface area contributed by atoms with Gasteiger partial charge in [0.15, 0.2) is 36.2 Å². The average Bonchev–Trinajstić information content (AvgIpc) is 2.90. The average molecular weight is 471 g/mol. The summed E-state index contributed by atoms with van der Waals surface area (Å²) in [6.45, 7) is 5.79. The van der Waals surface area contributed by atoms with Crippen LogP contribution in [0.2, 0.25) is 0 Å². The highest BCUT2D eigenvalue weighted by Crippen LogP contribution is 2.29. The Kier molecular flexibility index (Phi) is 9.01. The lowest BCUT2D eigenvalue weighted by atomic mass is 10.1. The maximum Gasteiger partial charge on any atom is 0.260 e. The lowest BCUT2D eigenvalue weighted by Crippen LogP contribution is -2.52. The molecule has 0 aliphatic carbocycles. The van der Waals surface area contributed by atoms with Gasteiger partial charge in [-0.2, -0.15) is 0 Å². The summed E-state index contributed by atoms with van der Waals surface area (Å²) in [7, 11) is 3.17. The first-order valence-corrected chi connectivity index (χ1v) is 11.6. The van der Waals surface area contributed by atoms with Crippen LogP contribution in [0.5, 0.6) is 23.0 Å². The quantitative estimate of drug-likeness (QED) is 0.531. The van der Waals surface area contributed by atoms with E-state index in [1.807, 2.05) is 36.4 Å². The van der Waals surface area contributed by atoms with Crippen LogP contribution in [0.1, 0.15) is 25.0 Å². The van der Waals surface area contributed by atoms with Crippen LogP contribution in [0.3, 0.4) is 0 Å². The SMILES string of the molecule is CCc1ccc(OCC(=O)N2CCN(C(=O)COc3ccc(CC)cc3OC)CC2)c(OC)c1. The second-order valence-corrected chi connectivity index (χ2v) is 8.02. The number of aryl methyl sites for hydroxylation is 2. The molecule has 2 aromatic rings. The van der Waals surface area contributed by atoms with Gasteiger partial charge in [0, 0.05) is 26.2 Å². The van der Waals surface area contributed by atoms with Gasteiger partial charge in [0.05, 0.1) is 14.2 Å². The Morgan fingerprint density at radius 2 is 1.06 bits per heavy atom. The van der Waals surface area contributed by atoms with Gasteiger partial charge in [-0.15, -0.1) is 0 Å². The van der Waals surface area contributed by atoms with Crippen molar-refractivity contribution in [1.29, 1.82) is 0 Å². The molecule has 1 heterocycles. The van der Waals surface area contributed by atoms with Crippen molar-refractivity contribution < 1.29 is 28.5 Å². The highest BCUT2D eigenvalue weighted by molar-refractivity contribution is 5.80. The van der Waals surface area contributed by atoms with E-state index < -0.39 is 0 Å². The van der Waals surface area contributed by atoms with Gasteiger partial charge < -0.3 is 28.7 Å². The fraction of sp³-hybridized carbons (Fsp3) is 0.462. The molecule has 8 heteroatoms. The largest absolute Gasteiger partial charge is 0.493 e. The molecule has 0 radical (unpaired) electrons. The van der Waals surface area contributed by atoms with E-state index in [0.717, 1.165) is 24.0 Å². The zero-order valence-electron chi connectivity index (χ0n) is 20.5. The van der Waals surface area contributed by atoms with E-state index in [1.54, 1.807) is 24.0 Å². The lowest BCUT2D eigenvalue weighted by Gasteiger charge is -2.34. The van der Waals surface area contributed by atoms with Gasteiger partial charge in [0.1, 0.15) is 0 Å². The second-order valence-electron chi connectivity index (χ2n) is 8.02. The number of ether oxygens (including phenoxy) is 4. The predicted molar refractivity (Wildman–Crippen MR) is 129 cm³/mol. The molecule has 1 saturated heterocycles. The Bertz CT molecular complexity index is 906. The van der Waals surface area contributed by atoms with Crippen LogP contribution in [-0.2, 0) is 22.4 Å². The summed E-state index contributed by atoms with van der Waals surface area (Å²) in [6, 6.07) is 11.4. The molecule has 1 fully saturated rings. The highest BCUT2D eigenvalue weighted by atomic mass is 16.5. The Morgan fingerprint density at radius 3 is 1.38 bits per heavy atom. The third kappa shape index (κ3) is 6.34. The Balaban J connectivity index is 1.45. The standard InChI is InChI=1S/C26H34N2O6/c1-5-19-7-9-21(23(15-19)31-3)33-17-25(29)27-11-13-28(14-12-27)26(30)18-34-22-10-8-20(6-2)16-24(22)32-4/h7-10,15-16H,5-6,11-14,17-18H2,1-4H3. The van der Waals surface area contributed by atoms with Crippen molar-refractivity contribution in [3.63, 3.8) is 0 Å². The zero-order valence-corrected chi connectivity index (χ0v) is 20.5. The molecule has 8 nitrogen and oxygen atoms in total. The number of carbonyl (C=O) groups is 2. The van der Waals surface area contributed by atoms with Gasteiger partial charge in [0.25, 0.3) is 11.8 Å². The summed E-state index contributed by atoms with van der Waals surface area (Å²) in [6.07, 6.45) is 1.78. The monoisotopic (exact) mass is 470 g/mol. The van der Waals surface area contributed by atoms with E-state index in [2.05, 4.69) is 13.8 Å². The van der Waals surface area contributed by atoms with E-state index in [-0.39, 0.29) is 25.0 Å². The van der Waals surface area contributed by atoms with Crippen molar-refractivity contribution in [3.8, 4) is 23.0 Å². The molecule has 1 aliphatic heterocycles. The van der Waals surface area contributed by atoms with Crippen LogP contribution >= 0.6 is 0 Å². The number of amides is 2. The topological polar surface area (TPSA) is 77.5 Å². The first-order chi connectivity index (χ1) is 16.5. The minimum absolute atomic E-state index is 0.0769. The van der Waals surface area contributed by atoms with Crippen molar-refractivity contribution in [2.75, 3.05) is 53.6 Å². The maximum absolute atomic E-state index is 12.6. The van der Waals surface area contributed by atoms with E-state index in [9.17, 15) is 9.59 Å². The van der Waals surface area contributed by atoms with Crippen LogP contribution in [0.15, 0.2) is 36.4 Å². The number of rotatable bonds is 10. The molecule has 3 rings (SSSR count). The minimum atomic E-state index is -0.120. The van der Waals surface area contributed by atoms with Crippen LogP contribution in [0.25, 0.3) is 0 Å². The normalized spacial score (nSPS) is 13.4. The number of hydrogen-bond acceptors (Lipinski definition) is 6. The lowest BCUT2D eigenvalue weighted by molar-refractivity contribution is -0.141. The molecule has 184 valence electrons. The molecule has 0 N–H and O–H groups in total. The van der Waals surface area contributed by atoms with Gasteiger partial charge >= 0.3 is 0 Å². The van der Waals surface area contributed by atoms with E-state index in [4.69, 9.17) is 18.9 Å². The molecule has 0 aromatic heterocycles. The molecule has 0 saturated carbocycles. The van der Waals surface area contributed by atoms with Gasteiger partial charge in [-0.05, 0) is 48.2 Å². The maximum atomic E-state index is 12.6. The number of hydrogen-bond donors (Lipinski definition) is 0. The summed E-state index contributed by atoms with van der Waals surface area (Å²) < 4.78 is 22.2. The van der Waals surface area contributed by atoms with E-state index >= 15 is 0 Å². The molecular formula is C26H34N2O6. The molecule has 34 heavy (non-hydrogen) atoms. The Morgan fingerprint density at radius 1 is 0.676 bits per heavy atom. The third-order valence-corrected chi connectivity index (χ3v) is 5.96. The molecule has 0 unspecified atom stereocenters. The first kappa shape index (κ1) is 25.2. The van der Waals surface area contributed by atoms with Gasteiger partial charge in [-0.25, -0.2) is 0 Å². The molecule has 0 atom stereocenters. The predicted octanol–water partition coefficient (Wildman–Crippen LogP) is 2.96. The van der Waals surface area contributed by atoms with E-state index in [1.165, 1.54) is 0 Å². The van der Waals surface area contributed by atoms with Crippen LogP contribution in [0.4, 0.5) is 0 Å². The summed E-state index contributed by atoms with van der Waals surface area (Å²) in [5, 5.41) is 0. The molecular weight excluding hydrogens is 436 g/mol. The summed E-state index contributed by atoms with van der Waals surface area (Å²) in [5.41, 5.74) is 2.27. The smallest absolute Gasteiger partial charge is 0.260 e. The van der Waals surface area contributed by atoms with E-state index in [0.29, 0.717) is 49.2 Å². The minimum Gasteiger partial charge on any atom is -0.493 e. The fourth-order valence-electron chi connectivity index (χ4n) is 3.77. The Hall–Kier alpha value is -3.42. The van der Waals surface area contributed by atoms with Crippen molar-refractivity contribution in [3.05, 3.63) is 47.5 Å². The number of benzene rings is 2. The number of piperazine rings is 1. The molecule has 0 spiro atoms. The van der Waals surface area contributed by atoms with Crippen LogP contribution in [-0.4, -0.2) is 75.2 Å². The van der Waals surface area contributed by atoms with Crippen molar-refractivity contribution >= 4 is 11.8 Å². The van der Waals surface area contributed by atoms with Gasteiger partial charge in [-0.3, -0.25) is 9.59 Å². The number of nitrogens with zero attached hydrogens (tertiary/aromatic N) is 2. The third-order valence-electron chi connectivity index (χ3n) is 5.96. The molecule has 2 amide bonds. The summed E-state index contributed by atoms with van der Waals surface area (Å²) >= 11 is 0. The molecule has 2 aromatic carbocycles. The van der Waals surface area contributed by atoms with Gasteiger partial charge in [0.2, 0.25) is 0 Å². The summed E-state index contributed by atoms with van der Waals surface area (Å²) in [5.74, 6) is 2.08. The van der Waals surface area contributed by atoms with Crippen molar-refractivity contribution in [2.24, 2.45) is 0 Å². The fourth-order valence-corrected chi connectivity index (χ4v) is 3.77. The Labute approximate surface area is 201 Å². The van der Waals surface area contributed by atoms with Crippen molar-refractivity contribution in [2.45, 2.75) is 26.7 Å². The van der Waals surface area contributed by atoms with Crippen LogP contribution in [0, 0.1) is 0 Å². The highest BCUT2D eigenvalue weighted by Gasteiger charge is 2.25. The first-order valence-electron chi connectivity index (χ1n) is 11.6. The molecule has 0 bridgehead atoms.